The second-order valence-electron chi connectivity index (χ2n) is 14.3. The summed E-state index contributed by atoms with van der Waals surface area (Å²) < 4.78 is 20.1. The van der Waals surface area contributed by atoms with E-state index >= 15 is 0 Å². The van der Waals surface area contributed by atoms with E-state index in [0.29, 0.717) is 39.4 Å². The van der Waals surface area contributed by atoms with Gasteiger partial charge in [0.1, 0.15) is 17.1 Å². The fraction of sp³-hybridized carbons (Fsp3) is 0.244. The van der Waals surface area contributed by atoms with Crippen LogP contribution in [0.2, 0.25) is 5.02 Å². The lowest BCUT2D eigenvalue weighted by atomic mass is 9.51. The van der Waals surface area contributed by atoms with E-state index in [4.69, 9.17) is 16.0 Å². The average Bonchev–Trinajstić information content (AvgIpc) is 3.74. The molecule has 3 heterocycles. The molecule has 1 aromatic heterocycles. The predicted octanol–water partition coefficient (Wildman–Crippen LogP) is 7.74. The summed E-state index contributed by atoms with van der Waals surface area (Å²) in [4.78, 5) is 64.4. The molecule has 3 fully saturated rings. The van der Waals surface area contributed by atoms with Crippen molar-refractivity contribution in [1.82, 2.24) is 4.98 Å². The number of carbonyl (C=O) groups excluding carboxylic acids is 4. The lowest BCUT2D eigenvalue weighted by Crippen LogP contribution is -2.49. The minimum absolute atomic E-state index is 0.00541. The molecule has 5 aromatic rings. The number of aromatic nitrogens is 1. The summed E-state index contributed by atoms with van der Waals surface area (Å²) >= 11 is 6.10. The van der Waals surface area contributed by atoms with E-state index in [2.05, 4.69) is 4.98 Å². The van der Waals surface area contributed by atoms with Gasteiger partial charge in [0.05, 0.1) is 39.6 Å². The van der Waals surface area contributed by atoms with Gasteiger partial charge in [-0.2, -0.15) is 0 Å². The first-order valence-corrected chi connectivity index (χ1v) is 17.5. The fourth-order valence-electron chi connectivity index (χ4n) is 9.15. The van der Waals surface area contributed by atoms with Gasteiger partial charge in [-0.05, 0) is 92.8 Å². The van der Waals surface area contributed by atoms with Crippen molar-refractivity contribution < 1.29 is 33.1 Å². The standard InChI is InChI=1S/C41H31ClFN3O6/c1-20-6-5-7-26(35(20)47)34-24-15-16-25-33(27(24)19-28-38(49)46(40(51)41(28,34)2)23-14-17-30(43)29(42)18-23)39(50)45(37(25)48)22-12-10-21(11-13-22)36-44-31-8-3-4-9-32(31)52-36/h3-15,17-18,25,27-28,33-34,47H,16,19H2,1-2H3. The number of nitrogens with zero attached hydrogens (tertiary/aromatic N) is 3. The molecule has 4 aromatic carbocycles. The number of fused-ring (bicyclic) bond motifs is 5. The predicted molar refractivity (Wildman–Crippen MR) is 191 cm³/mol. The highest BCUT2D eigenvalue weighted by molar-refractivity contribution is 6.32. The van der Waals surface area contributed by atoms with Crippen LogP contribution in [0.15, 0.2) is 101 Å². The summed E-state index contributed by atoms with van der Waals surface area (Å²) in [6.45, 7) is 3.48. The topological polar surface area (TPSA) is 121 Å². The third-order valence-electron chi connectivity index (χ3n) is 11.7. The van der Waals surface area contributed by atoms with E-state index in [9.17, 15) is 28.7 Å². The van der Waals surface area contributed by atoms with Crippen molar-refractivity contribution >= 4 is 57.7 Å². The summed E-state index contributed by atoms with van der Waals surface area (Å²) in [6.07, 6.45) is 2.31. The first kappa shape index (κ1) is 32.3. The number of carbonyl (C=O) groups is 4. The van der Waals surface area contributed by atoms with Crippen molar-refractivity contribution in [3.63, 3.8) is 0 Å². The molecule has 0 bridgehead atoms. The molecule has 4 amide bonds. The third-order valence-corrected chi connectivity index (χ3v) is 12.0. The van der Waals surface area contributed by atoms with Crippen LogP contribution in [0.5, 0.6) is 5.75 Å². The van der Waals surface area contributed by atoms with Crippen LogP contribution in [-0.2, 0) is 19.2 Å². The van der Waals surface area contributed by atoms with Gasteiger partial charge in [-0.3, -0.25) is 24.1 Å². The summed E-state index contributed by atoms with van der Waals surface area (Å²) in [7, 11) is 0. The second kappa shape index (κ2) is 11.4. The van der Waals surface area contributed by atoms with E-state index in [1.165, 1.54) is 17.0 Å². The Bertz CT molecular complexity index is 2390. The number of amides is 4. The van der Waals surface area contributed by atoms with Crippen molar-refractivity contribution in [3.05, 3.63) is 119 Å². The molecule has 6 atom stereocenters. The van der Waals surface area contributed by atoms with Gasteiger partial charge < -0.3 is 9.52 Å². The Kier molecular flexibility index (Phi) is 7.11. The van der Waals surface area contributed by atoms with Crippen molar-refractivity contribution in [2.24, 2.45) is 29.1 Å². The SMILES string of the molecule is Cc1cccc(C2C3=CCC4C(=O)N(c5ccc(-c6nc7ccccc7o6)cc5)C(=O)C4C3CC3C(=O)N(c4ccc(F)c(Cl)c4)C(=O)C32C)c1O. The molecule has 260 valence electrons. The Morgan fingerprint density at radius 2 is 1.63 bits per heavy atom. The number of hydrogen-bond acceptors (Lipinski definition) is 7. The molecule has 0 radical (unpaired) electrons. The van der Waals surface area contributed by atoms with Crippen LogP contribution in [0, 0.1) is 41.8 Å². The number of para-hydroxylation sites is 3. The fourth-order valence-corrected chi connectivity index (χ4v) is 9.32. The number of anilines is 2. The van der Waals surface area contributed by atoms with E-state index in [0.717, 1.165) is 16.5 Å². The molecule has 6 unspecified atom stereocenters. The van der Waals surface area contributed by atoms with Crippen LogP contribution in [0.25, 0.3) is 22.6 Å². The number of imide groups is 2. The van der Waals surface area contributed by atoms with Crippen LogP contribution in [-0.4, -0.2) is 33.7 Å². The molecule has 2 aliphatic heterocycles. The van der Waals surface area contributed by atoms with Crippen LogP contribution in [0.1, 0.15) is 36.8 Å². The molecular weight excluding hydrogens is 685 g/mol. The Balaban J connectivity index is 1.11. The number of oxazole rings is 1. The van der Waals surface area contributed by atoms with Gasteiger partial charge in [-0.15, -0.1) is 0 Å². The molecule has 52 heavy (non-hydrogen) atoms. The number of aryl methyl sites for hydroxylation is 1. The smallest absolute Gasteiger partial charge is 0.241 e. The first-order valence-electron chi connectivity index (χ1n) is 17.1. The monoisotopic (exact) mass is 715 g/mol. The van der Waals surface area contributed by atoms with Gasteiger partial charge in [-0.1, -0.05) is 53.6 Å². The molecule has 2 saturated heterocycles. The maximum atomic E-state index is 14.6. The normalized spacial score (nSPS) is 26.8. The van der Waals surface area contributed by atoms with E-state index < -0.39 is 52.6 Å². The van der Waals surface area contributed by atoms with Crippen LogP contribution in [0.4, 0.5) is 15.8 Å². The number of halogens is 2. The maximum absolute atomic E-state index is 14.6. The first-order chi connectivity index (χ1) is 25.0. The lowest BCUT2D eigenvalue weighted by Gasteiger charge is -2.49. The van der Waals surface area contributed by atoms with Gasteiger partial charge in [0.15, 0.2) is 5.58 Å². The molecular formula is C41H31ClFN3O6. The Morgan fingerprint density at radius 1 is 0.885 bits per heavy atom. The van der Waals surface area contributed by atoms with Crippen LogP contribution in [0.3, 0.4) is 0 Å². The maximum Gasteiger partial charge on any atom is 0.241 e. The quantitative estimate of drug-likeness (QED) is 0.149. The zero-order chi connectivity index (χ0) is 36.2. The van der Waals surface area contributed by atoms with Gasteiger partial charge in [0, 0.05) is 17.0 Å². The molecule has 11 heteroatoms. The minimum atomic E-state index is -1.37. The van der Waals surface area contributed by atoms with Gasteiger partial charge >= 0.3 is 0 Å². The number of aromatic hydroxyl groups is 1. The molecule has 2 aliphatic carbocycles. The summed E-state index contributed by atoms with van der Waals surface area (Å²) in [5, 5.41) is 11.2. The number of phenolic OH excluding ortho intramolecular Hbond substituents is 1. The third kappa shape index (κ3) is 4.43. The molecule has 4 aliphatic rings. The van der Waals surface area contributed by atoms with Gasteiger partial charge in [-0.25, -0.2) is 14.3 Å². The molecule has 9 rings (SSSR count). The molecule has 1 N–H and O–H groups in total. The number of allylic oxidation sites excluding steroid dienone is 2. The van der Waals surface area contributed by atoms with Crippen molar-refractivity contribution in [1.29, 1.82) is 0 Å². The largest absolute Gasteiger partial charge is 0.507 e. The number of phenols is 1. The van der Waals surface area contributed by atoms with E-state index in [1.807, 2.05) is 30.3 Å². The zero-order valence-corrected chi connectivity index (χ0v) is 28.8. The van der Waals surface area contributed by atoms with Crippen molar-refractivity contribution in [3.8, 4) is 17.2 Å². The lowest BCUT2D eigenvalue weighted by molar-refractivity contribution is -0.131. The highest BCUT2D eigenvalue weighted by Gasteiger charge is 2.68. The Morgan fingerprint density at radius 3 is 2.38 bits per heavy atom. The minimum Gasteiger partial charge on any atom is -0.507 e. The number of hydrogen-bond donors (Lipinski definition) is 1. The highest BCUT2D eigenvalue weighted by Crippen LogP contribution is 2.64. The molecule has 1 saturated carbocycles. The number of rotatable bonds is 4. The number of benzene rings is 4. The highest BCUT2D eigenvalue weighted by atomic mass is 35.5. The second-order valence-corrected chi connectivity index (χ2v) is 14.7. The Hall–Kier alpha value is -5.61. The average molecular weight is 716 g/mol. The van der Waals surface area contributed by atoms with Crippen molar-refractivity contribution in [2.75, 3.05) is 9.80 Å². The zero-order valence-electron chi connectivity index (χ0n) is 28.0. The van der Waals surface area contributed by atoms with Crippen LogP contribution >= 0.6 is 11.6 Å². The van der Waals surface area contributed by atoms with Gasteiger partial charge in [0.25, 0.3) is 0 Å². The summed E-state index contributed by atoms with van der Waals surface area (Å²) in [6, 6.07) is 23.3. The Labute approximate surface area is 302 Å². The van der Waals surface area contributed by atoms with E-state index in [1.54, 1.807) is 56.3 Å². The summed E-state index contributed by atoms with van der Waals surface area (Å²) in [5.41, 5.74) is 3.02. The van der Waals surface area contributed by atoms with E-state index in [-0.39, 0.29) is 41.1 Å². The van der Waals surface area contributed by atoms with Gasteiger partial charge in [0.2, 0.25) is 29.5 Å². The summed E-state index contributed by atoms with van der Waals surface area (Å²) in [5.74, 6) is -5.74. The van der Waals surface area contributed by atoms with Crippen LogP contribution < -0.4 is 9.80 Å². The molecule has 9 nitrogen and oxygen atoms in total. The van der Waals surface area contributed by atoms with Crippen molar-refractivity contribution in [2.45, 2.75) is 32.6 Å². The molecule has 0 spiro atoms.